The van der Waals surface area contributed by atoms with Crippen molar-refractivity contribution in [3.63, 3.8) is 0 Å². The molecule has 142 valence electrons. The fourth-order valence-electron chi connectivity index (χ4n) is 2.80. The first-order chi connectivity index (χ1) is 13.1. The molecule has 1 heterocycles. The fraction of sp³-hybridized carbons (Fsp3) is 0.300. The number of benzene rings is 2. The molecule has 1 aliphatic rings. The maximum atomic E-state index is 12.1. The lowest BCUT2D eigenvalue weighted by Crippen LogP contribution is -2.28. The van der Waals surface area contributed by atoms with Gasteiger partial charge in [-0.3, -0.25) is 4.79 Å². The second kappa shape index (κ2) is 9.05. The first-order valence-corrected chi connectivity index (χ1v) is 8.84. The molecule has 7 nitrogen and oxygen atoms in total. The van der Waals surface area contributed by atoms with Gasteiger partial charge in [0.15, 0.2) is 0 Å². The number of ether oxygens (including phenoxy) is 2. The molecule has 0 radical (unpaired) electrons. The van der Waals surface area contributed by atoms with Gasteiger partial charge in [0.25, 0.3) is 5.91 Å². The second-order valence-corrected chi connectivity index (χ2v) is 6.23. The fourth-order valence-corrected chi connectivity index (χ4v) is 2.80. The summed E-state index contributed by atoms with van der Waals surface area (Å²) in [4.78, 5) is 24.2. The maximum Gasteiger partial charge on any atom is 0.319 e. The molecule has 0 spiro atoms. The maximum absolute atomic E-state index is 12.1. The van der Waals surface area contributed by atoms with Gasteiger partial charge in [-0.1, -0.05) is 12.1 Å². The van der Waals surface area contributed by atoms with E-state index in [1.807, 2.05) is 24.3 Å². The number of urea groups is 1. The van der Waals surface area contributed by atoms with Crippen LogP contribution in [-0.2, 0) is 16.1 Å². The van der Waals surface area contributed by atoms with Crippen LogP contribution in [-0.4, -0.2) is 31.8 Å². The molecule has 3 amide bonds. The molecule has 27 heavy (non-hydrogen) atoms. The van der Waals surface area contributed by atoms with Crippen LogP contribution in [0.2, 0.25) is 0 Å². The molecule has 3 N–H and O–H groups in total. The van der Waals surface area contributed by atoms with Gasteiger partial charge in [-0.15, -0.1) is 0 Å². The number of hydrogen-bond donors (Lipinski definition) is 3. The normalized spacial score (nSPS) is 15.8. The Bertz CT molecular complexity index is 786. The van der Waals surface area contributed by atoms with Gasteiger partial charge in [-0.05, 0) is 54.8 Å². The number of rotatable bonds is 6. The Hall–Kier alpha value is -3.06. The van der Waals surface area contributed by atoms with E-state index in [2.05, 4.69) is 16.0 Å². The average Bonchev–Trinajstić information content (AvgIpc) is 3.22. The summed E-state index contributed by atoms with van der Waals surface area (Å²) in [7, 11) is 1.59. The molecule has 2 aromatic carbocycles. The molecule has 0 aliphatic carbocycles. The van der Waals surface area contributed by atoms with Crippen molar-refractivity contribution >= 4 is 23.3 Å². The van der Waals surface area contributed by atoms with E-state index in [-0.39, 0.29) is 18.0 Å². The highest BCUT2D eigenvalue weighted by molar-refractivity contribution is 5.94. The van der Waals surface area contributed by atoms with Crippen molar-refractivity contribution in [2.24, 2.45) is 0 Å². The van der Waals surface area contributed by atoms with Gasteiger partial charge in [-0.2, -0.15) is 0 Å². The third kappa shape index (κ3) is 5.46. The van der Waals surface area contributed by atoms with Gasteiger partial charge in [0.1, 0.15) is 11.9 Å². The van der Waals surface area contributed by atoms with Crippen LogP contribution in [0.15, 0.2) is 48.5 Å². The summed E-state index contributed by atoms with van der Waals surface area (Å²) in [5.74, 6) is 0.595. The molecule has 0 aromatic heterocycles. The van der Waals surface area contributed by atoms with Crippen molar-refractivity contribution in [3.8, 4) is 5.75 Å². The minimum atomic E-state index is -0.373. The van der Waals surface area contributed by atoms with Gasteiger partial charge in [0.05, 0.1) is 7.11 Å². The van der Waals surface area contributed by atoms with Crippen molar-refractivity contribution in [2.75, 3.05) is 24.4 Å². The highest BCUT2D eigenvalue weighted by Gasteiger charge is 2.23. The zero-order valence-corrected chi connectivity index (χ0v) is 15.2. The summed E-state index contributed by atoms with van der Waals surface area (Å²) in [5, 5.41) is 8.41. The molecule has 1 saturated heterocycles. The summed E-state index contributed by atoms with van der Waals surface area (Å²) in [5.41, 5.74) is 2.24. The van der Waals surface area contributed by atoms with Gasteiger partial charge >= 0.3 is 6.03 Å². The lowest BCUT2D eigenvalue weighted by Gasteiger charge is -2.12. The van der Waals surface area contributed by atoms with Crippen LogP contribution in [0.5, 0.6) is 5.75 Å². The largest absolute Gasteiger partial charge is 0.497 e. The highest BCUT2D eigenvalue weighted by Crippen LogP contribution is 2.17. The van der Waals surface area contributed by atoms with Crippen molar-refractivity contribution < 1.29 is 19.1 Å². The Labute approximate surface area is 158 Å². The van der Waals surface area contributed by atoms with Crippen LogP contribution in [0.4, 0.5) is 16.2 Å². The monoisotopic (exact) mass is 369 g/mol. The summed E-state index contributed by atoms with van der Waals surface area (Å²) < 4.78 is 10.5. The number of anilines is 2. The van der Waals surface area contributed by atoms with Crippen LogP contribution >= 0.6 is 0 Å². The van der Waals surface area contributed by atoms with E-state index in [9.17, 15) is 9.59 Å². The predicted octanol–water partition coefficient (Wildman–Crippen LogP) is 3.13. The Morgan fingerprint density at radius 2 is 1.93 bits per heavy atom. The van der Waals surface area contributed by atoms with Gasteiger partial charge < -0.3 is 25.4 Å². The van der Waals surface area contributed by atoms with Crippen LogP contribution in [0.1, 0.15) is 18.4 Å². The molecular weight excluding hydrogens is 346 g/mol. The standard InChI is InChI=1S/C20H23N3O4/c1-26-17-9-7-15(8-10-17)23-20(25)21-13-14-4-2-5-16(12-14)22-19(24)18-6-3-11-27-18/h2,4-5,7-10,12,18H,3,6,11,13H2,1H3,(H,22,24)(H2,21,23,25)/t18-/m1/s1. The zero-order chi connectivity index (χ0) is 19.1. The van der Waals surface area contributed by atoms with Crippen molar-refractivity contribution in [3.05, 3.63) is 54.1 Å². The van der Waals surface area contributed by atoms with Crippen molar-refractivity contribution in [1.29, 1.82) is 0 Å². The van der Waals surface area contributed by atoms with E-state index in [0.29, 0.717) is 24.5 Å². The van der Waals surface area contributed by atoms with Gasteiger partial charge in [0, 0.05) is 24.5 Å². The van der Waals surface area contributed by atoms with Crippen LogP contribution in [0, 0.1) is 0 Å². The minimum Gasteiger partial charge on any atom is -0.497 e. The zero-order valence-electron chi connectivity index (χ0n) is 15.2. The second-order valence-electron chi connectivity index (χ2n) is 6.23. The lowest BCUT2D eigenvalue weighted by atomic mass is 10.2. The summed E-state index contributed by atoms with van der Waals surface area (Å²) in [6.07, 6.45) is 1.28. The van der Waals surface area contributed by atoms with Crippen LogP contribution < -0.4 is 20.7 Å². The Kier molecular flexibility index (Phi) is 6.27. The molecule has 0 bridgehead atoms. The number of amides is 3. The molecule has 1 aliphatic heterocycles. The summed E-state index contributed by atoms with van der Waals surface area (Å²) in [6, 6.07) is 14.1. The van der Waals surface area contributed by atoms with Crippen molar-refractivity contribution in [2.45, 2.75) is 25.5 Å². The molecule has 2 aromatic rings. The van der Waals surface area contributed by atoms with Gasteiger partial charge in [-0.25, -0.2) is 4.79 Å². The minimum absolute atomic E-state index is 0.130. The van der Waals surface area contributed by atoms with E-state index < -0.39 is 0 Å². The Morgan fingerprint density at radius 1 is 1.11 bits per heavy atom. The predicted molar refractivity (Wildman–Crippen MR) is 103 cm³/mol. The number of methoxy groups -OCH3 is 1. The summed E-state index contributed by atoms with van der Waals surface area (Å²) in [6.45, 7) is 0.969. The molecule has 0 saturated carbocycles. The van der Waals surface area contributed by atoms with E-state index in [4.69, 9.17) is 9.47 Å². The SMILES string of the molecule is COc1ccc(NC(=O)NCc2cccc(NC(=O)[C@H]3CCCO3)c2)cc1. The molecule has 3 rings (SSSR count). The topological polar surface area (TPSA) is 88.7 Å². The number of nitrogens with one attached hydrogen (secondary N) is 3. The third-order valence-corrected chi connectivity index (χ3v) is 4.22. The van der Waals surface area contributed by atoms with E-state index in [0.717, 1.165) is 24.2 Å². The Morgan fingerprint density at radius 3 is 2.63 bits per heavy atom. The van der Waals surface area contributed by atoms with Crippen molar-refractivity contribution in [1.82, 2.24) is 5.32 Å². The smallest absolute Gasteiger partial charge is 0.319 e. The molecule has 1 fully saturated rings. The number of carbonyl (C=O) groups is 2. The lowest BCUT2D eigenvalue weighted by molar-refractivity contribution is -0.124. The average molecular weight is 369 g/mol. The number of hydrogen-bond acceptors (Lipinski definition) is 4. The Balaban J connectivity index is 1.49. The highest BCUT2D eigenvalue weighted by atomic mass is 16.5. The molecule has 7 heteroatoms. The van der Waals surface area contributed by atoms with E-state index >= 15 is 0 Å². The molecule has 0 unspecified atom stereocenters. The van der Waals surface area contributed by atoms with Crippen LogP contribution in [0.25, 0.3) is 0 Å². The van der Waals surface area contributed by atoms with E-state index in [1.54, 1.807) is 31.4 Å². The summed E-state index contributed by atoms with van der Waals surface area (Å²) >= 11 is 0. The van der Waals surface area contributed by atoms with E-state index in [1.165, 1.54) is 0 Å². The first-order valence-electron chi connectivity index (χ1n) is 8.84. The molecular formula is C20H23N3O4. The first kappa shape index (κ1) is 18.7. The van der Waals surface area contributed by atoms with Gasteiger partial charge in [0.2, 0.25) is 0 Å². The quantitative estimate of drug-likeness (QED) is 0.730. The van der Waals surface area contributed by atoms with Crippen LogP contribution in [0.3, 0.4) is 0 Å². The molecule has 1 atom stereocenters. The number of carbonyl (C=O) groups excluding carboxylic acids is 2. The third-order valence-electron chi connectivity index (χ3n) is 4.22.